The Hall–Kier alpha value is -7.16. The molecule has 0 amide bonds. The molecule has 1 aliphatic rings. The van der Waals surface area contributed by atoms with Gasteiger partial charge in [-0.2, -0.15) is 0 Å². The summed E-state index contributed by atoms with van der Waals surface area (Å²) in [6, 6.07) is 76.8. The molecule has 10 aromatic rings. The fourth-order valence-corrected chi connectivity index (χ4v) is 9.25. The summed E-state index contributed by atoms with van der Waals surface area (Å²) in [7, 11) is 0. The van der Waals surface area contributed by atoms with E-state index in [0.717, 1.165) is 44.4 Å². The van der Waals surface area contributed by atoms with E-state index >= 15 is 0 Å². The molecular formula is C53H35NO. The van der Waals surface area contributed by atoms with Crippen LogP contribution in [0.25, 0.3) is 55.0 Å². The van der Waals surface area contributed by atoms with Gasteiger partial charge in [0.25, 0.3) is 0 Å². The van der Waals surface area contributed by atoms with Gasteiger partial charge in [-0.05, 0) is 98.4 Å². The van der Waals surface area contributed by atoms with Crippen LogP contribution in [-0.4, -0.2) is 0 Å². The Labute approximate surface area is 320 Å². The number of hydrogen-bond donors (Lipinski definition) is 0. The normalized spacial score (nSPS) is 12.9. The van der Waals surface area contributed by atoms with Crippen molar-refractivity contribution in [2.45, 2.75) is 5.41 Å². The summed E-state index contributed by atoms with van der Waals surface area (Å²) in [6.45, 7) is 0. The summed E-state index contributed by atoms with van der Waals surface area (Å²) < 4.78 is 6.84. The monoisotopic (exact) mass is 701 g/mol. The third kappa shape index (κ3) is 4.68. The molecule has 0 radical (unpaired) electrons. The Morgan fingerprint density at radius 3 is 1.62 bits per heavy atom. The average molecular weight is 702 g/mol. The number of para-hydroxylation sites is 2. The molecule has 0 saturated heterocycles. The summed E-state index contributed by atoms with van der Waals surface area (Å²) in [5.74, 6) is 0. The fourth-order valence-electron chi connectivity index (χ4n) is 9.25. The molecule has 2 heteroatoms. The van der Waals surface area contributed by atoms with Gasteiger partial charge in [-0.25, -0.2) is 0 Å². The Morgan fingerprint density at radius 2 is 0.945 bits per heavy atom. The number of rotatable bonds is 6. The van der Waals surface area contributed by atoms with Crippen LogP contribution in [0.5, 0.6) is 0 Å². The minimum Gasteiger partial charge on any atom is -0.455 e. The van der Waals surface area contributed by atoms with E-state index in [1.54, 1.807) is 0 Å². The minimum absolute atomic E-state index is 0.438. The first-order valence-corrected chi connectivity index (χ1v) is 18.9. The van der Waals surface area contributed by atoms with E-state index in [-0.39, 0.29) is 0 Å². The second-order valence-corrected chi connectivity index (χ2v) is 14.4. The third-order valence-corrected chi connectivity index (χ3v) is 11.5. The summed E-state index contributed by atoms with van der Waals surface area (Å²) >= 11 is 0. The van der Waals surface area contributed by atoms with Crippen molar-refractivity contribution >= 4 is 49.8 Å². The molecular weight excluding hydrogens is 667 g/mol. The van der Waals surface area contributed by atoms with Gasteiger partial charge in [0.2, 0.25) is 0 Å². The minimum atomic E-state index is -0.438. The summed E-state index contributed by atoms with van der Waals surface area (Å²) in [4.78, 5) is 2.34. The molecule has 0 aliphatic heterocycles. The van der Waals surface area contributed by atoms with E-state index in [1.165, 1.54) is 49.9 Å². The molecule has 0 spiro atoms. The SMILES string of the molecule is c1ccc(N(c2ccccc2)c2cccc3oc4c5ccccc5c(-c5ccc6c(c5)-c5ccccc5C6(c5ccccc5)c5ccccc5)cc4c23)cc1. The van der Waals surface area contributed by atoms with Crippen molar-refractivity contribution in [3.63, 3.8) is 0 Å². The molecule has 0 N–H and O–H groups in total. The van der Waals surface area contributed by atoms with Gasteiger partial charge in [0, 0.05) is 22.1 Å². The first-order valence-electron chi connectivity index (χ1n) is 18.9. The summed E-state index contributed by atoms with van der Waals surface area (Å²) in [5.41, 5.74) is 14.6. The van der Waals surface area contributed by atoms with E-state index < -0.39 is 5.41 Å². The highest BCUT2D eigenvalue weighted by molar-refractivity contribution is 6.22. The number of furan rings is 1. The molecule has 9 aromatic carbocycles. The topological polar surface area (TPSA) is 16.4 Å². The van der Waals surface area contributed by atoms with E-state index in [9.17, 15) is 0 Å². The first-order chi connectivity index (χ1) is 27.3. The van der Waals surface area contributed by atoms with Crippen molar-refractivity contribution in [1.29, 1.82) is 0 Å². The second-order valence-electron chi connectivity index (χ2n) is 14.4. The smallest absolute Gasteiger partial charge is 0.143 e. The Balaban J connectivity index is 1.19. The van der Waals surface area contributed by atoms with Gasteiger partial charge >= 0.3 is 0 Å². The van der Waals surface area contributed by atoms with Crippen molar-refractivity contribution in [1.82, 2.24) is 0 Å². The quantitative estimate of drug-likeness (QED) is 0.172. The number of fused-ring (bicyclic) bond motifs is 8. The maximum Gasteiger partial charge on any atom is 0.143 e. The highest BCUT2D eigenvalue weighted by atomic mass is 16.3. The lowest BCUT2D eigenvalue weighted by Gasteiger charge is -2.33. The predicted molar refractivity (Wildman–Crippen MR) is 229 cm³/mol. The predicted octanol–water partition coefficient (Wildman–Crippen LogP) is 14.2. The van der Waals surface area contributed by atoms with Crippen LogP contribution in [0.2, 0.25) is 0 Å². The van der Waals surface area contributed by atoms with Crippen LogP contribution < -0.4 is 4.90 Å². The van der Waals surface area contributed by atoms with Crippen LogP contribution in [0, 0.1) is 0 Å². The lowest BCUT2D eigenvalue weighted by atomic mass is 9.67. The van der Waals surface area contributed by atoms with Crippen LogP contribution in [0.1, 0.15) is 22.3 Å². The number of benzene rings is 9. The lowest BCUT2D eigenvalue weighted by molar-refractivity contribution is 0.672. The van der Waals surface area contributed by atoms with E-state index in [2.05, 4.69) is 217 Å². The van der Waals surface area contributed by atoms with E-state index in [4.69, 9.17) is 4.42 Å². The molecule has 0 unspecified atom stereocenters. The Bertz CT molecular complexity index is 2940. The lowest BCUT2D eigenvalue weighted by Crippen LogP contribution is -2.28. The van der Waals surface area contributed by atoms with Gasteiger partial charge in [-0.15, -0.1) is 0 Å². The van der Waals surface area contributed by atoms with Crippen molar-refractivity contribution in [3.8, 4) is 22.3 Å². The molecule has 1 aliphatic carbocycles. The highest BCUT2D eigenvalue weighted by Crippen LogP contribution is 2.57. The molecule has 0 fully saturated rings. The van der Waals surface area contributed by atoms with Crippen molar-refractivity contribution in [2.75, 3.05) is 4.90 Å². The maximum absolute atomic E-state index is 6.84. The van der Waals surface area contributed by atoms with Gasteiger partial charge in [0.15, 0.2) is 0 Å². The van der Waals surface area contributed by atoms with Crippen LogP contribution in [-0.2, 0) is 5.41 Å². The Kier molecular flexibility index (Phi) is 7.11. The largest absolute Gasteiger partial charge is 0.455 e. The van der Waals surface area contributed by atoms with Gasteiger partial charge in [-0.1, -0.05) is 164 Å². The molecule has 11 rings (SSSR count). The zero-order chi connectivity index (χ0) is 36.3. The Morgan fingerprint density at radius 1 is 0.382 bits per heavy atom. The number of anilines is 3. The average Bonchev–Trinajstić information content (AvgIpc) is 3.79. The molecule has 2 nitrogen and oxygen atoms in total. The molecule has 0 saturated carbocycles. The van der Waals surface area contributed by atoms with Gasteiger partial charge in [0.1, 0.15) is 11.2 Å². The highest BCUT2D eigenvalue weighted by Gasteiger charge is 2.46. The van der Waals surface area contributed by atoms with Crippen molar-refractivity contribution in [3.05, 3.63) is 235 Å². The van der Waals surface area contributed by atoms with Gasteiger partial charge in [-0.3, -0.25) is 0 Å². The molecule has 258 valence electrons. The molecule has 55 heavy (non-hydrogen) atoms. The fraction of sp³-hybridized carbons (Fsp3) is 0.0189. The molecule has 1 aromatic heterocycles. The maximum atomic E-state index is 6.84. The zero-order valence-electron chi connectivity index (χ0n) is 30.1. The second kappa shape index (κ2) is 12.5. The van der Waals surface area contributed by atoms with E-state index in [1.807, 2.05) is 0 Å². The van der Waals surface area contributed by atoms with Crippen molar-refractivity contribution < 1.29 is 4.42 Å². The standard InChI is InChI=1S/C53H35NO/c1-5-18-37(19-6-1)53(38-20-7-2-8-21-38)47-29-16-15-27-42(47)45-34-36(32-33-48(45)53)44-35-46-51-49(54(39-22-9-3-10-23-39)40-24-11-4-12-25-40)30-17-31-50(51)55-52(46)43-28-14-13-26-41(43)44/h1-35H. The van der Waals surface area contributed by atoms with E-state index in [0.29, 0.717) is 0 Å². The third-order valence-electron chi connectivity index (χ3n) is 11.5. The molecule has 1 heterocycles. The number of nitrogens with zero attached hydrogens (tertiary/aromatic N) is 1. The summed E-state index contributed by atoms with van der Waals surface area (Å²) in [6.07, 6.45) is 0. The van der Waals surface area contributed by atoms with Crippen LogP contribution in [0.15, 0.2) is 217 Å². The van der Waals surface area contributed by atoms with Gasteiger partial charge < -0.3 is 9.32 Å². The summed E-state index contributed by atoms with van der Waals surface area (Å²) in [5, 5.41) is 4.46. The molecule has 0 bridgehead atoms. The van der Waals surface area contributed by atoms with Gasteiger partial charge in [0.05, 0.1) is 16.5 Å². The number of hydrogen-bond acceptors (Lipinski definition) is 2. The molecule has 0 atom stereocenters. The van der Waals surface area contributed by atoms with Crippen LogP contribution in [0.4, 0.5) is 17.1 Å². The first kappa shape index (κ1) is 31.4. The van der Waals surface area contributed by atoms with Crippen LogP contribution >= 0.6 is 0 Å². The zero-order valence-corrected chi connectivity index (χ0v) is 30.1. The van der Waals surface area contributed by atoms with Crippen molar-refractivity contribution in [2.24, 2.45) is 0 Å². The van der Waals surface area contributed by atoms with Crippen LogP contribution in [0.3, 0.4) is 0 Å².